The molecule has 1 fully saturated rings. The van der Waals surface area contributed by atoms with Crippen LogP contribution in [0.3, 0.4) is 0 Å². The maximum Gasteiger partial charge on any atom is 0.317 e. The van der Waals surface area contributed by atoms with Crippen LogP contribution in [0.5, 0.6) is 0 Å². The maximum absolute atomic E-state index is 13.4. The van der Waals surface area contributed by atoms with Gasteiger partial charge in [-0.15, -0.1) is 11.3 Å². The first kappa shape index (κ1) is 20.4. The standard InChI is InChI=1S/C22H25FN4O2S/c1-3-24-22(29)26-10-9-25(13-15(26)2)20(28)19-12-17-8-11-30-21(17)27(19)14-16-4-6-18(23)7-5-16/h4-8,11-12,15H,3,9-10,13-14H2,1-2H3,(H,24,29). The third-order valence-corrected chi connectivity index (χ3v) is 6.43. The van der Waals surface area contributed by atoms with Crippen LogP contribution in [0.25, 0.3) is 10.2 Å². The number of halogens is 1. The van der Waals surface area contributed by atoms with Crippen molar-refractivity contribution in [3.05, 3.63) is 58.9 Å². The van der Waals surface area contributed by atoms with Crippen LogP contribution < -0.4 is 5.32 Å². The van der Waals surface area contributed by atoms with E-state index in [-0.39, 0.29) is 23.8 Å². The van der Waals surface area contributed by atoms with Crippen molar-refractivity contribution in [1.29, 1.82) is 0 Å². The Morgan fingerprint density at radius 2 is 1.97 bits per heavy atom. The first-order chi connectivity index (χ1) is 14.5. The van der Waals surface area contributed by atoms with E-state index < -0.39 is 0 Å². The lowest BCUT2D eigenvalue weighted by Crippen LogP contribution is -2.57. The van der Waals surface area contributed by atoms with E-state index >= 15 is 0 Å². The number of nitrogens with one attached hydrogen (secondary N) is 1. The number of hydrogen-bond acceptors (Lipinski definition) is 3. The predicted octanol–water partition coefficient (Wildman–Crippen LogP) is 3.77. The molecule has 1 N–H and O–H groups in total. The highest BCUT2D eigenvalue weighted by Crippen LogP contribution is 2.28. The van der Waals surface area contributed by atoms with Gasteiger partial charge in [-0.05, 0) is 49.1 Å². The lowest BCUT2D eigenvalue weighted by atomic mass is 10.2. The van der Waals surface area contributed by atoms with E-state index in [0.29, 0.717) is 38.4 Å². The van der Waals surface area contributed by atoms with Gasteiger partial charge in [-0.3, -0.25) is 4.79 Å². The zero-order valence-electron chi connectivity index (χ0n) is 17.1. The number of urea groups is 1. The summed E-state index contributed by atoms with van der Waals surface area (Å²) in [6, 6.07) is 10.2. The highest BCUT2D eigenvalue weighted by atomic mass is 32.1. The molecule has 6 nitrogen and oxygen atoms in total. The molecule has 1 saturated heterocycles. The number of thiophene rings is 1. The third kappa shape index (κ3) is 3.92. The molecule has 0 radical (unpaired) electrons. The Labute approximate surface area is 178 Å². The van der Waals surface area contributed by atoms with Gasteiger partial charge in [0.05, 0.1) is 0 Å². The Morgan fingerprint density at radius 3 is 2.67 bits per heavy atom. The molecule has 0 bridgehead atoms. The zero-order valence-corrected chi connectivity index (χ0v) is 17.9. The molecule has 30 heavy (non-hydrogen) atoms. The average molecular weight is 429 g/mol. The summed E-state index contributed by atoms with van der Waals surface area (Å²) in [7, 11) is 0. The van der Waals surface area contributed by atoms with E-state index in [9.17, 15) is 14.0 Å². The molecule has 158 valence electrons. The molecule has 1 aliphatic rings. The highest BCUT2D eigenvalue weighted by Gasteiger charge is 2.31. The van der Waals surface area contributed by atoms with E-state index in [4.69, 9.17) is 0 Å². The second-order valence-corrected chi connectivity index (χ2v) is 8.45. The first-order valence-corrected chi connectivity index (χ1v) is 11.0. The lowest BCUT2D eigenvalue weighted by molar-refractivity contribution is 0.0571. The van der Waals surface area contributed by atoms with Crippen LogP contribution in [0.4, 0.5) is 9.18 Å². The van der Waals surface area contributed by atoms with Gasteiger partial charge in [0.2, 0.25) is 0 Å². The molecule has 0 saturated carbocycles. The fourth-order valence-corrected chi connectivity index (χ4v) is 4.84. The number of carbonyl (C=O) groups excluding carboxylic acids is 2. The fraction of sp³-hybridized carbons (Fsp3) is 0.364. The molecular formula is C22H25FN4O2S. The van der Waals surface area contributed by atoms with Crippen LogP contribution in [-0.4, -0.2) is 58.5 Å². The Balaban J connectivity index is 1.57. The topological polar surface area (TPSA) is 57.6 Å². The molecule has 4 rings (SSSR count). The monoisotopic (exact) mass is 428 g/mol. The van der Waals surface area contributed by atoms with Crippen molar-refractivity contribution in [2.24, 2.45) is 0 Å². The van der Waals surface area contributed by atoms with Crippen LogP contribution in [0.1, 0.15) is 29.9 Å². The normalized spacial score (nSPS) is 16.8. The molecule has 8 heteroatoms. The van der Waals surface area contributed by atoms with Gasteiger partial charge in [0, 0.05) is 44.2 Å². The summed E-state index contributed by atoms with van der Waals surface area (Å²) in [6.07, 6.45) is 0. The Hall–Kier alpha value is -2.87. The third-order valence-electron chi connectivity index (χ3n) is 5.48. The highest BCUT2D eigenvalue weighted by molar-refractivity contribution is 7.16. The van der Waals surface area contributed by atoms with Crippen molar-refractivity contribution in [3.8, 4) is 0 Å². The van der Waals surface area contributed by atoms with Crippen LogP contribution in [0.15, 0.2) is 41.8 Å². The van der Waals surface area contributed by atoms with Crippen LogP contribution in [0.2, 0.25) is 0 Å². The van der Waals surface area contributed by atoms with Crippen LogP contribution >= 0.6 is 11.3 Å². The molecule has 0 aliphatic carbocycles. The second-order valence-electron chi connectivity index (χ2n) is 7.55. The minimum Gasteiger partial charge on any atom is -0.338 e. The Bertz CT molecular complexity index is 1060. The molecule has 1 aromatic carbocycles. The van der Waals surface area contributed by atoms with Gasteiger partial charge in [0.15, 0.2) is 0 Å². The number of benzene rings is 1. The van der Waals surface area contributed by atoms with Crippen molar-refractivity contribution in [3.63, 3.8) is 0 Å². The number of piperazine rings is 1. The number of fused-ring (bicyclic) bond motifs is 1. The number of carbonyl (C=O) groups is 2. The average Bonchev–Trinajstić information content (AvgIpc) is 3.31. The molecule has 1 unspecified atom stereocenters. The quantitative estimate of drug-likeness (QED) is 0.688. The smallest absolute Gasteiger partial charge is 0.317 e. The molecular weight excluding hydrogens is 403 g/mol. The molecule has 1 aliphatic heterocycles. The molecule has 0 spiro atoms. The molecule has 1 atom stereocenters. The van der Waals surface area contributed by atoms with Crippen molar-refractivity contribution in [2.45, 2.75) is 26.4 Å². The maximum atomic E-state index is 13.4. The van der Waals surface area contributed by atoms with Crippen molar-refractivity contribution < 1.29 is 14.0 Å². The lowest BCUT2D eigenvalue weighted by Gasteiger charge is -2.39. The summed E-state index contributed by atoms with van der Waals surface area (Å²) in [5.74, 6) is -0.314. The summed E-state index contributed by atoms with van der Waals surface area (Å²) in [4.78, 5) is 30.2. The Kier molecular flexibility index (Phi) is 5.76. The van der Waals surface area contributed by atoms with Gasteiger partial charge in [-0.25, -0.2) is 9.18 Å². The van der Waals surface area contributed by atoms with E-state index in [2.05, 4.69) is 5.32 Å². The molecule has 3 amide bonds. The zero-order chi connectivity index (χ0) is 21.3. The summed E-state index contributed by atoms with van der Waals surface area (Å²) >= 11 is 1.59. The van der Waals surface area contributed by atoms with Crippen molar-refractivity contribution >= 4 is 33.5 Å². The summed E-state index contributed by atoms with van der Waals surface area (Å²) in [5, 5.41) is 5.86. The predicted molar refractivity (Wildman–Crippen MR) is 116 cm³/mol. The van der Waals surface area contributed by atoms with E-state index in [1.54, 1.807) is 28.4 Å². The SMILES string of the molecule is CCNC(=O)N1CCN(C(=O)c2cc3ccsc3n2Cc2ccc(F)cc2)CC1C. The van der Waals surface area contributed by atoms with Gasteiger partial charge in [-0.1, -0.05) is 12.1 Å². The first-order valence-electron chi connectivity index (χ1n) is 10.1. The summed E-state index contributed by atoms with van der Waals surface area (Å²) in [6.45, 7) is 6.43. The Morgan fingerprint density at radius 1 is 1.20 bits per heavy atom. The number of aromatic nitrogens is 1. The van der Waals surface area contributed by atoms with Crippen molar-refractivity contribution in [1.82, 2.24) is 19.7 Å². The van der Waals surface area contributed by atoms with E-state index in [1.807, 2.05) is 40.8 Å². The molecule has 3 heterocycles. The summed E-state index contributed by atoms with van der Waals surface area (Å²) < 4.78 is 15.3. The fourth-order valence-electron chi connectivity index (χ4n) is 3.94. The minimum atomic E-state index is -0.275. The van der Waals surface area contributed by atoms with Gasteiger partial charge in [0.25, 0.3) is 5.91 Å². The van der Waals surface area contributed by atoms with Gasteiger partial charge >= 0.3 is 6.03 Å². The van der Waals surface area contributed by atoms with Crippen molar-refractivity contribution in [2.75, 3.05) is 26.2 Å². The summed E-state index contributed by atoms with van der Waals surface area (Å²) in [5.41, 5.74) is 1.56. The number of nitrogens with zero attached hydrogens (tertiary/aromatic N) is 3. The molecule has 2 aromatic heterocycles. The van der Waals surface area contributed by atoms with E-state index in [1.165, 1.54) is 12.1 Å². The van der Waals surface area contributed by atoms with E-state index in [0.717, 1.165) is 15.8 Å². The van der Waals surface area contributed by atoms with Gasteiger partial charge in [0.1, 0.15) is 16.3 Å². The van der Waals surface area contributed by atoms with Crippen LogP contribution in [0, 0.1) is 5.82 Å². The number of rotatable bonds is 4. The minimum absolute atomic E-state index is 0.0390. The van der Waals surface area contributed by atoms with Gasteiger partial charge in [-0.2, -0.15) is 0 Å². The van der Waals surface area contributed by atoms with Crippen LogP contribution in [-0.2, 0) is 6.54 Å². The number of amides is 3. The number of hydrogen-bond donors (Lipinski definition) is 1. The molecule has 3 aromatic rings. The second kappa shape index (κ2) is 8.47. The largest absolute Gasteiger partial charge is 0.338 e. The van der Waals surface area contributed by atoms with Gasteiger partial charge < -0.3 is 19.7 Å².